The lowest BCUT2D eigenvalue weighted by Gasteiger charge is -2.03. The minimum Gasteiger partial charge on any atom is -0.399 e. The summed E-state index contributed by atoms with van der Waals surface area (Å²) >= 11 is 0. The van der Waals surface area contributed by atoms with E-state index in [1.54, 1.807) is 0 Å². The maximum Gasteiger partial charge on any atom is 0.693 e. The molecule has 0 saturated carbocycles. The highest BCUT2D eigenvalue weighted by atomic mass is 17.2. The van der Waals surface area contributed by atoms with Crippen LogP contribution in [0.25, 0.3) is 0 Å². The maximum atomic E-state index is 8.44. The molecule has 2 N–H and O–H groups in total. The molecule has 0 bridgehead atoms. The zero-order valence-corrected chi connectivity index (χ0v) is 7.23. The highest BCUT2D eigenvalue weighted by Gasteiger charge is 2.15. The van der Waals surface area contributed by atoms with Crippen LogP contribution in [0.1, 0.15) is 32.6 Å². The fraction of sp³-hybridized carbons (Fsp3) is 1.00. The van der Waals surface area contributed by atoms with Crippen LogP contribution in [0.4, 0.5) is 0 Å². The number of unbranched alkanes of at least 4 members (excludes halogenated alkanes) is 3. The Morgan fingerprint density at radius 1 is 1.25 bits per heavy atom. The third-order valence-corrected chi connectivity index (χ3v) is 1.32. The molecule has 0 aliphatic heterocycles. The van der Waals surface area contributed by atoms with E-state index >= 15 is 0 Å². The van der Waals surface area contributed by atoms with E-state index in [2.05, 4.69) is 21.4 Å². The lowest BCUT2D eigenvalue weighted by Crippen LogP contribution is -2.21. The minimum atomic E-state index is -1.71. The highest BCUT2D eigenvalue weighted by molar-refractivity contribution is 6.33. The molecule has 0 rings (SSSR count). The second-order valence-corrected chi connectivity index (χ2v) is 2.39. The van der Waals surface area contributed by atoms with E-state index in [0.717, 1.165) is 25.7 Å². The molecule has 0 aliphatic rings. The predicted molar refractivity (Wildman–Crippen MR) is 42.9 cm³/mol. The first-order chi connectivity index (χ1) is 5.81. The van der Waals surface area contributed by atoms with Gasteiger partial charge in [0.15, 0.2) is 0 Å². The van der Waals surface area contributed by atoms with Gasteiger partial charge in [-0.05, 0) is 6.42 Å². The minimum absolute atomic E-state index is 0.389. The van der Waals surface area contributed by atoms with Gasteiger partial charge in [-0.3, -0.25) is 5.26 Å². The molecule has 0 spiro atoms. The topological polar surface area (TPSA) is 68.2 Å². The summed E-state index contributed by atoms with van der Waals surface area (Å²) in [5.74, 6) is 0. The van der Waals surface area contributed by atoms with E-state index in [-0.39, 0.29) is 0 Å². The van der Waals surface area contributed by atoms with Gasteiger partial charge in [0, 0.05) is 0 Å². The zero-order chi connectivity index (χ0) is 9.23. The van der Waals surface area contributed by atoms with Crippen LogP contribution in [0.15, 0.2) is 0 Å². The van der Waals surface area contributed by atoms with E-state index in [1.165, 1.54) is 0 Å². The molecule has 5 nitrogen and oxygen atoms in total. The fourth-order valence-electron chi connectivity index (χ4n) is 0.712. The summed E-state index contributed by atoms with van der Waals surface area (Å²) in [6, 6.07) is 0. The second kappa shape index (κ2) is 8.96. The van der Waals surface area contributed by atoms with Crippen molar-refractivity contribution in [2.24, 2.45) is 0 Å². The lowest BCUT2D eigenvalue weighted by atomic mass is 10.2. The average Bonchev–Trinajstić information content (AvgIpc) is 2.10. The van der Waals surface area contributed by atoms with Gasteiger partial charge in [0.1, 0.15) is 0 Å². The lowest BCUT2D eigenvalue weighted by molar-refractivity contribution is -0.277. The Bertz CT molecular complexity index is 92.0. The Balaban J connectivity index is 2.90. The molecule has 0 saturated heterocycles. The Labute approximate surface area is 72.3 Å². The van der Waals surface area contributed by atoms with Crippen molar-refractivity contribution in [2.45, 2.75) is 32.6 Å². The van der Waals surface area contributed by atoms with Crippen LogP contribution in [0.5, 0.6) is 0 Å². The maximum absolute atomic E-state index is 8.44. The SMILES string of the molecule is CCCCCCOOB(O)OO. The number of hydrogen-bond donors (Lipinski definition) is 2. The van der Waals surface area contributed by atoms with Gasteiger partial charge in [-0.2, -0.15) is 0 Å². The first kappa shape index (κ1) is 11.9. The Kier molecular flexibility index (Phi) is 8.86. The molecule has 72 valence electrons. The molecule has 0 aromatic heterocycles. The van der Waals surface area contributed by atoms with Crippen molar-refractivity contribution >= 4 is 7.32 Å². The van der Waals surface area contributed by atoms with Gasteiger partial charge in [-0.1, -0.05) is 26.2 Å². The van der Waals surface area contributed by atoms with E-state index < -0.39 is 7.32 Å². The summed E-state index contributed by atoms with van der Waals surface area (Å²) in [4.78, 5) is 12.0. The molecule has 0 atom stereocenters. The molecular weight excluding hydrogens is 163 g/mol. The summed E-state index contributed by atoms with van der Waals surface area (Å²) in [5, 5.41) is 16.3. The van der Waals surface area contributed by atoms with Crippen LogP contribution in [0.3, 0.4) is 0 Å². The van der Waals surface area contributed by atoms with Gasteiger partial charge < -0.3 is 5.02 Å². The molecule has 0 aliphatic carbocycles. The predicted octanol–water partition coefficient (Wildman–Crippen LogP) is 0.982. The van der Waals surface area contributed by atoms with Gasteiger partial charge in [-0.15, -0.1) is 0 Å². The van der Waals surface area contributed by atoms with Gasteiger partial charge in [0.05, 0.1) is 6.61 Å². The van der Waals surface area contributed by atoms with Gasteiger partial charge >= 0.3 is 7.32 Å². The molecule has 0 aromatic carbocycles. The van der Waals surface area contributed by atoms with Crippen LogP contribution in [-0.2, 0) is 14.5 Å². The number of rotatable bonds is 8. The van der Waals surface area contributed by atoms with E-state index in [9.17, 15) is 0 Å². The van der Waals surface area contributed by atoms with Crippen LogP contribution in [-0.4, -0.2) is 24.2 Å². The van der Waals surface area contributed by atoms with E-state index in [1.807, 2.05) is 0 Å². The standard InChI is InChI=1S/C6H15BO5/c1-2-3-4-5-6-10-12-7(8)11-9/h8-9H,2-6H2,1H3. The Morgan fingerprint density at radius 3 is 2.58 bits per heavy atom. The summed E-state index contributed by atoms with van der Waals surface area (Å²) in [5.41, 5.74) is 0. The molecule has 0 amide bonds. The summed E-state index contributed by atoms with van der Waals surface area (Å²) in [7, 11) is -1.71. The van der Waals surface area contributed by atoms with Gasteiger partial charge in [0.2, 0.25) is 0 Å². The van der Waals surface area contributed by atoms with Crippen molar-refractivity contribution in [3.63, 3.8) is 0 Å². The Morgan fingerprint density at radius 2 is 2.00 bits per heavy atom. The van der Waals surface area contributed by atoms with Crippen molar-refractivity contribution in [3.8, 4) is 0 Å². The molecule has 6 heteroatoms. The zero-order valence-electron chi connectivity index (χ0n) is 7.23. The quantitative estimate of drug-likeness (QED) is 0.251. The van der Waals surface area contributed by atoms with Crippen molar-refractivity contribution in [3.05, 3.63) is 0 Å². The summed E-state index contributed by atoms with van der Waals surface area (Å²) in [6.45, 7) is 2.50. The number of hydrogen-bond acceptors (Lipinski definition) is 5. The molecule has 0 heterocycles. The Hall–Kier alpha value is -0.135. The van der Waals surface area contributed by atoms with Gasteiger partial charge in [0.25, 0.3) is 0 Å². The first-order valence-electron chi connectivity index (χ1n) is 4.07. The summed E-state index contributed by atoms with van der Waals surface area (Å²) in [6.07, 6.45) is 4.24. The average molecular weight is 178 g/mol. The van der Waals surface area contributed by atoms with Crippen molar-refractivity contribution < 1.29 is 24.8 Å². The third-order valence-electron chi connectivity index (χ3n) is 1.32. The molecule has 0 radical (unpaired) electrons. The van der Waals surface area contributed by atoms with E-state index in [4.69, 9.17) is 10.3 Å². The summed E-state index contributed by atoms with van der Waals surface area (Å²) < 4.78 is 0. The first-order valence-corrected chi connectivity index (χ1v) is 4.07. The fourth-order valence-corrected chi connectivity index (χ4v) is 0.712. The smallest absolute Gasteiger partial charge is 0.399 e. The van der Waals surface area contributed by atoms with Crippen LogP contribution < -0.4 is 0 Å². The highest BCUT2D eigenvalue weighted by Crippen LogP contribution is 1.99. The second-order valence-electron chi connectivity index (χ2n) is 2.39. The van der Waals surface area contributed by atoms with E-state index in [0.29, 0.717) is 6.61 Å². The van der Waals surface area contributed by atoms with Crippen molar-refractivity contribution in [2.75, 3.05) is 6.61 Å². The largest absolute Gasteiger partial charge is 0.693 e. The van der Waals surface area contributed by atoms with Crippen molar-refractivity contribution in [1.82, 2.24) is 0 Å². The van der Waals surface area contributed by atoms with Crippen LogP contribution >= 0.6 is 0 Å². The molecule has 0 unspecified atom stereocenters. The monoisotopic (exact) mass is 178 g/mol. The third kappa shape index (κ3) is 7.97. The molecule has 12 heavy (non-hydrogen) atoms. The van der Waals surface area contributed by atoms with Crippen molar-refractivity contribution in [1.29, 1.82) is 0 Å². The van der Waals surface area contributed by atoms with Gasteiger partial charge in [-0.25, -0.2) is 14.5 Å². The normalized spacial score (nSPS) is 10.2. The van der Waals surface area contributed by atoms with Crippen LogP contribution in [0.2, 0.25) is 0 Å². The molecular formula is C6H15BO5. The van der Waals surface area contributed by atoms with Crippen LogP contribution in [0, 0.1) is 0 Å². The molecule has 0 aromatic rings. The molecule has 0 fully saturated rings.